The number of likely N-dealkylation sites (tertiary alicyclic amines) is 1. The number of nitrogens with one attached hydrogen (secondary N) is 1. The molecule has 1 saturated carbocycles. The van der Waals surface area contributed by atoms with E-state index in [1.165, 1.54) is 5.56 Å². The van der Waals surface area contributed by atoms with Crippen LogP contribution in [0.3, 0.4) is 0 Å². The molecule has 1 aliphatic carbocycles. The molecule has 2 fully saturated rings. The number of carbonyl (C=O) groups excluding carboxylic acids is 2. The number of methoxy groups -OCH3 is 1. The number of rotatable bonds is 4. The number of aliphatic hydroxyl groups is 1. The van der Waals surface area contributed by atoms with Crippen LogP contribution >= 0.6 is 0 Å². The highest BCUT2D eigenvalue weighted by Crippen LogP contribution is 2.50. The van der Waals surface area contributed by atoms with Crippen molar-refractivity contribution in [1.29, 1.82) is 0 Å². The molecule has 3 aliphatic rings. The zero-order chi connectivity index (χ0) is 24.2. The third kappa shape index (κ3) is 3.58. The number of H-pyrrole nitrogens is 1. The van der Waals surface area contributed by atoms with E-state index in [-0.39, 0.29) is 29.8 Å². The van der Waals surface area contributed by atoms with Crippen molar-refractivity contribution in [3.8, 4) is 5.75 Å². The Morgan fingerprint density at radius 3 is 2.57 bits per heavy atom. The van der Waals surface area contributed by atoms with Crippen LogP contribution in [-0.2, 0) is 10.2 Å². The molecule has 2 aliphatic heterocycles. The first-order valence-electron chi connectivity index (χ1n) is 12.4. The number of amides is 2. The molecular formula is C27H30N4O4. The number of piperidine rings is 1. The Kier molecular flexibility index (Phi) is 5.29. The highest BCUT2D eigenvalue weighted by Gasteiger charge is 2.50. The second kappa shape index (κ2) is 8.37. The number of aromatic nitrogens is 2. The third-order valence-corrected chi connectivity index (χ3v) is 8.07. The molecule has 1 saturated heterocycles. The molecule has 4 heterocycles. The topological polar surface area (TPSA) is 98.8 Å². The van der Waals surface area contributed by atoms with Gasteiger partial charge in [0.1, 0.15) is 5.75 Å². The third-order valence-electron chi connectivity index (χ3n) is 8.07. The Labute approximate surface area is 203 Å². The number of carbonyl (C=O) groups is 2. The lowest BCUT2D eigenvalue weighted by molar-refractivity contribution is -0.138. The molecule has 1 aromatic carbocycles. The molecule has 0 bridgehead atoms. The van der Waals surface area contributed by atoms with Crippen molar-refractivity contribution in [1.82, 2.24) is 19.8 Å². The van der Waals surface area contributed by atoms with Gasteiger partial charge < -0.3 is 24.6 Å². The van der Waals surface area contributed by atoms with Crippen molar-refractivity contribution >= 4 is 22.7 Å². The normalized spacial score (nSPS) is 21.3. The van der Waals surface area contributed by atoms with E-state index in [2.05, 4.69) is 16.0 Å². The predicted octanol–water partition coefficient (Wildman–Crippen LogP) is 3.03. The van der Waals surface area contributed by atoms with Gasteiger partial charge in [0.2, 0.25) is 5.91 Å². The molecule has 3 aromatic rings. The van der Waals surface area contributed by atoms with Crippen LogP contribution in [-0.4, -0.2) is 70.0 Å². The molecular weight excluding hydrogens is 444 g/mol. The fourth-order valence-electron chi connectivity index (χ4n) is 6.03. The fourth-order valence-corrected chi connectivity index (χ4v) is 6.03. The average molecular weight is 475 g/mol. The zero-order valence-electron chi connectivity index (χ0n) is 19.9. The number of pyridine rings is 1. The van der Waals surface area contributed by atoms with Crippen molar-refractivity contribution in [2.45, 2.75) is 37.1 Å². The number of benzene rings is 1. The molecule has 0 radical (unpaired) electrons. The number of aromatic amines is 1. The lowest BCUT2D eigenvalue weighted by Crippen LogP contribution is -2.56. The molecule has 1 atom stereocenters. The molecule has 2 amide bonds. The maximum Gasteiger partial charge on any atom is 0.253 e. The molecule has 0 unspecified atom stereocenters. The predicted molar refractivity (Wildman–Crippen MR) is 130 cm³/mol. The van der Waals surface area contributed by atoms with Gasteiger partial charge in [0, 0.05) is 71.6 Å². The lowest BCUT2D eigenvalue weighted by atomic mass is 9.68. The van der Waals surface area contributed by atoms with Crippen LogP contribution in [0, 0.1) is 5.92 Å². The summed E-state index contributed by atoms with van der Waals surface area (Å²) in [5.74, 6) is 0.983. The number of fused-ring (bicyclic) bond motifs is 4. The van der Waals surface area contributed by atoms with Crippen molar-refractivity contribution in [2.24, 2.45) is 5.92 Å². The minimum Gasteiger partial charge on any atom is -0.497 e. The smallest absolute Gasteiger partial charge is 0.253 e. The molecule has 8 nitrogen and oxygen atoms in total. The first-order chi connectivity index (χ1) is 17.0. The monoisotopic (exact) mass is 474 g/mol. The van der Waals surface area contributed by atoms with Gasteiger partial charge in [-0.25, -0.2) is 0 Å². The summed E-state index contributed by atoms with van der Waals surface area (Å²) in [6.45, 7) is 1.66. The molecule has 6 rings (SSSR count). The highest BCUT2D eigenvalue weighted by atomic mass is 16.5. The number of nitrogens with zero attached hydrogens (tertiary/aromatic N) is 3. The number of aliphatic hydroxyl groups excluding tert-OH is 1. The van der Waals surface area contributed by atoms with Crippen LogP contribution in [0.1, 0.15) is 53.3 Å². The Morgan fingerprint density at radius 2 is 1.91 bits per heavy atom. The minimum atomic E-state index is -0.390. The lowest BCUT2D eigenvalue weighted by Gasteiger charge is -2.50. The van der Waals surface area contributed by atoms with Gasteiger partial charge in [0.05, 0.1) is 19.8 Å². The quantitative estimate of drug-likeness (QED) is 0.606. The Bertz CT molecular complexity index is 1280. The number of hydrogen-bond donors (Lipinski definition) is 2. The second-order valence-corrected chi connectivity index (χ2v) is 10.1. The highest BCUT2D eigenvalue weighted by molar-refractivity contribution is 5.94. The van der Waals surface area contributed by atoms with Crippen LogP contribution < -0.4 is 4.74 Å². The van der Waals surface area contributed by atoms with Crippen LogP contribution in [0.4, 0.5) is 0 Å². The van der Waals surface area contributed by atoms with E-state index < -0.39 is 6.04 Å². The first-order valence-corrected chi connectivity index (χ1v) is 12.4. The molecule has 2 N–H and O–H groups in total. The summed E-state index contributed by atoms with van der Waals surface area (Å²) in [7, 11) is 1.65. The van der Waals surface area contributed by atoms with E-state index in [9.17, 15) is 14.7 Å². The summed E-state index contributed by atoms with van der Waals surface area (Å²) in [6, 6.07) is 9.12. The van der Waals surface area contributed by atoms with Crippen molar-refractivity contribution in [3.63, 3.8) is 0 Å². The maximum absolute atomic E-state index is 13.3. The SMILES string of the molecule is COc1ccc2c3c([nH]c2c1)[C@H](CO)N(C(=O)C1CC1)CC31CCN(C(=O)c2ccncc2)CC1. The van der Waals surface area contributed by atoms with Crippen LogP contribution in [0.2, 0.25) is 0 Å². The second-order valence-electron chi connectivity index (χ2n) is 10.1. The van der Waals surface area contributed by atoms with Crippen LogP contribution in [0.15, 0.2) is 42.7 Å². The van der Waals surface area contributed by atoms with Gasteiger partial charge in [-0.2, -0.15) is 0 Å². The van der Waals surface area contributed by atoms with E-state index in [0.717, 1.165) is 48.0 Å². The van der Waals surface area contributed by atoms with Gasteiger partial charge >= 0.3 is 0 Å². The van der Waals surface area contributed by atoms with Crippen molar-refractivity contribution < 1.29 is 19.4 Å². The first kappa shape index (κ1) is 22.1. The van der Waals surface area contributed by atoms with E-state index in [1.807, 2.05) is 21.9 Å². The van der Waals surface area contributed by atoms with Crippen molar-refractivity contribution in [2.75, 3.05) is 33.4 Å². The Morgan fingerprint density at radius 1 is 1.17 bits per heavy atom. The van der Waals surface area contributed by atoms with Gasteiger partial charge in [-0.15, -0.1) is 0 Å². The minimum absolute atomic E-state index is 0.0149. The zero-order valence-corrected chi connectivity index (χ0v) is 19.9. The standard InChI is InChI=1S/C27H30N4O4/c1-35-19-4-5-20-21(14-19)29-24-22(15-32)31(26(34)17-2-3-17)16-27(23(20)24)8-12-30(13-9-27)25(33)18-6-10-28-11-7-18/h4-7,10-11,14,17,22,29,32H,2-3,8-9,12-13,15-16H2,1H3/t22-/m0/s1. The summed E-state index contributed by atoms with van der Waals surface area (Å²) >= 11 is 0. The molecule has 8 heteroatoms. The summed E-state index contributed by atoms with van der Waals surface area (Å²) in [6.07, 6.45) is 6.63. The molecule has 182 valence electrons. The van der Waals surface area contributed by atoms with Gasteiger partial charge in [0.25, 0.3) is 5.91 Å². The van der Waals surface area contributed by atoms with Gasteiger partial charge in [-0.05, 0) is 55.5 Å². The van der Waals surface area contributed by atoms with E-state index in [4.69, 9.17) is 4.74 Å². The number of hydrogen-bond acceptors (Lipinski definition) is 5. The average Bonchev–Trinajstić information content (AvgIpc) is 3.68. The van der Waals surface area contributed by atoms with Gasteiger partial charge in [-0.1, -0.05) is 0 Å². The largest absolute Gasteiger partial charge is 0.497 e. The van der Waals surface area contributed by atoms with E-state index in [1.54, 1.807) is 31.6 Å². The Hall–Kier alpha value is -3.39. The van der Waals surface area contributed by atoms with Crippen LogP contribution in [0.25, 0.3) is 10.9 Å². The molecule has 2 aromatic heterocycles. The fraction of sp³-hybridized carbons (Fsp3) is 0.444. The van der Waals surface area contributed by atoms with E-state index >= 15 is 0 Å². The number of ether oxygens (including phenoxy) is 1. The van der Waals surface area contributed by atoms with Gasteiger partial charge in [-0.3, -0.25) is 14.6 Å². The molecule has 1 spiro atoms. The summed E-state index contributed by atoms with van der Waals surface area (Å²) in [5.41, 5.74) is 3.41. The summed E-state index contributed by atoms with van der Waals surface area (Å²) in [5, 5.41) is 11.5. The maximum atomic E-state index is 13.3. The van der Waals surface area contributed by atoms with Crippen molar-refractivity contribution in [3.05, 3.63) is 59.5 Å². The Balaban J connectivity index is 1.40. The van der Waals surface area contributed by atoms with Crippen LogP contribution in [0.5, 0.6) is 5.75 Å². The van der Waals surface area contributed by atoms with E-state index in [0.29, 0.717) is 25.2 Å². The summed E-state index contributed by atoms with van der Waals surface area (Å²) < 4.78 is 5.44. The molecule has 35 heavy (non-hydrogen) atoms. The van der Waals surface area contributed by atoms with Gasteiger partial charge in [0.15, 0.2) is 0 Å². The summed E-state index contributed by atoms with van der Waals surface area (Å²) in [4.78, 5) is 37.8.